The molecule has 0 fully saturated rings. The summed E-state index contributed by atoms with van der Waals surface area (Å²) in [7, 11) is 0. The number of hydrogen-bond donors (Lipinski definition) is 0. The quantitative estimate of drug-likeness (QED) is 0.668. The first-order chi connectivity index (χ1) is 10.5. The molecule has 0 atom stereocenters. The van der Waals surface area contributed by atoms with Crippen molar-refractivity contribution >= 4 is 22.7 Å². The van der Waals surface area contributed by atoms with Gasteiger partial charge in [-0.2, -0.15) is 13.2 Å². The van der Waals surface area contributed by atoms with Gasteiger partial charge in [0.15, 0.2) is 16.5 Å². The SMILES string of the molecule is C#Cc1csc(-c2ccnc(-c3nc(C(F)(F)F)cs3)n2)n1. The van der Waals surface area contributed by atoms with E-state index in [1.54, 1.807) is 11.4 Å². The molecule has 3 aromatic rings. The monoisotopic (exact) mass is 338 g/mol. The van der Waals surface area contributed by atoms with Gasteiger partial charge in [0.25, 0.3) is 0 Å². The van der Waals surface area contributed by atoms with E-state index in [1.807, 2.05) is 0 Å². The van der Waals surface area contributed by atoms with E-state index in [0.717, 1.165) is 16.7 Å². The lowest BCUT2D eigenvalue weighted by molar-refractivity contribution is -0.140. The van der Waals surface area contributed by atoms with Crippen molar-refractivity contribution < 1.29 is 13.2 Å². The summed E-state index contributed by atoms with van der Waals surface area (Å²) in [5, 5.41) is 3.31. The van der Waals surface area contributed by atoms with E-state index in [0.29, 0.717) is 16.4 Å². The predicted octanol–water partition coefficient (Wildman–Crippen LogP) is 3.72. The largest absolute Gasteiger partial charge is 0.434 e. The molecular weight excluding hydrogens is 333 g/mol. The van der Waals surface area contributed by atoms with E-state index >= 15 is 0 Å². The van der Waals surface area contributed by atoms with Crippen LogP contribution in [0.15, 0.2) is 23.0 Å². The van der Waals surface area contributed by atoms with Crippen LogP contribution in [0.3, 0.4) is 0 Å². The summed E-state index contributed by atoms with van der Waals surface area (Å²) >= 11 is 2.14. The predicted molar refractivity (Wildman–Crippen MR) is 77.2 cm³/mol. The van der Waals surface area contributed by atoms with Crippen molar-refractivity contribution in [2.75, 3.05) is 0 Å². The van der Waals surface area contributed by atoms with Crippen molar-refractivity contribution in [3.63, 3.8) is 0 Å². The molecule has 0 spiro atoms. The average molecular weight is 338 g/mol. The Morgan fingerprint density at radius 3 is 2.45 bits per heavy atom. The Morgan fingerprint density at radius 2 is 1.82 bits per heavy atom. The smallest absolute Gasteiger partial charge is 0.234 e. The number of halogens is 3. The highest BCUT2D eigenvalue weighted by molar-refractivity contribution is 7.13. The fourth-order valence-electron chi connectivity index (χ4n) is 1.55. The van der Waals surface area contributed by atoms with Gasteiger partial charge in [0.2, 0.25) is 0 Å². The summed E-state index contributed by atoms with van der Waals surface area (Å²) in [6.07, 6.45) is 2.22. The lowest BCUT2D eigenvalue weighted by Gasteiger charge is -2.00. The zero-order valence-electron chi connectivity index (χ0n) is 10.6. The molecule has 0 N–H and O–H groups in total. The van der Waals surface area contributed by atoms with Crippen LogP contribution in [-0.4, -0.2) is 19.9 Å². The Bertz CT molecular complexity index is 861. The number of hydrogen-bond acceptors (Lipinski definition) is 6. The molecule has 0 saturated heterocycles. The van der Waals surface area contributed by atoms with Crippen LogP contribution >= 0.6 is 22.7 Å². The molecule has 0 unspecified atom stereocenters. The molecular formula is C13H5F3N4S2. The Labute approximate surface area is 130 Å². The van der Waals surface area contributed by atoms with E-state index in [4.69, 9.17) is 6.42 Å². The second-order valence-corrected chi connectivity index (χ2v) is 5.70. The molecule has 0 aliphatic carbocycles. The van der Waals surface area contributed by atoms with Crippen molar-refractivity contribution in [2.45, 2.75) is 6.18 Å². The minimum Gasteiger partial charge on any atom is -0.234 e. The van der Waals surface area contributed by atoms with Gasteiger partial charge in [0.1, 0.15) is 16.4 Å². The van der Waals surface area contributed by atoms with Gasteiger partial charge in [-0.25, -0.2) is 19.9 Å². The summed E-state index contributed by atoms with van der Waals surface area (Å²) in [6.45, 7) is 0. The number of terminal acetylenes is 1. The maximum absolute atomic E-state index is 12.6. The Morgan fingerprint density at radius 1 is 1.05 bits per heavy atom. The number of aromatic nitrogens is 4. The molecule has 3 rings (SSSR count). The summed E-state index contributed by atoms with van der Waals surface area (Å²) in [6, 6.07) is 1.61. The molecule has 0 aliphatic rings. The molecule has 9 heteroatoms. The number of nitrogens with zero attached hydrogens (tertiary/aromatic N) is 4. The van der Waals surface area contributed by atoms with E-state index in [-0.39, 0.29) is 10.8 Å². The molecule has 3 heterocycles. The molecule has 0 saturated carbocycles. The lowest BCUT2D eigenvalue weighted by atomic mass is 10.4. The van der Waals surface area contributed by atoms with Crippen LogP contribution in [0.5, 0.6) is 0 Å². The van der Waals surface area contributed by atoms with Crippen LogP contribution in [0, 0.1) is 12.3 Å². The molecule has 0 aromatic carbocycles. The normalized spacial score (nSPS) is 11.4. The first-order valence-electron chi connectivity index (χ1n) is 5.76. The Kier molecular flexibility index (Phi) is 3.64. The fraction of sp³-hybridized carbons (Fsp3) is 0.0769. The summed E-state index contributed by atoms with van der Waals surface area (Å²) < 4.78 is 37.7. The van der Waals surface area contributed by atoms with Gasteiger partial charge in [0.05, 0.1) is 0 Å². The zero-order valence-corrected chi connectivity index (χ0v) is 12.3. The number of thiazole rings is 2. The fourth-order valence-corrected chi connectivity index (χ4v) is 3.04. The summed E-state index contributed by atoms with van der Waals surface area (Å²) in [4.78, 5) is 15.9. The highest BCUT2D eigenvalue weighted by Crippen LogP contribution is 2.33. The van der Waals surface area contributed by atoms with Gasteiger partial charge in [-0.05, 0) is 12.0 Å². The molecule has 0 bridgehead atoms. The van der Waals surface area contributed by atoms with Crippen molar-refractivity contribution in [1.82, 2.24) is 19.9 Å². The van der Waals surface area contributed by atoms with E-state index < -0.39 is 11.9 Å². The first-order valence-corrected chi connectivity index (χ1v) is 7.52. The van der Waals surface area contributed by atoms with Crippen molar-refractivity contribution in [2.24, 2.45) is 0 Å². The summed E-state index contributed by atoms with van der Waals surface area (Å²) in [5.41, 5.74) is 0.0133. The van der Waals surface area contributed by atoms with Crippen LogP contribution in [0.25, 0.3) is 21.5 Å². The number of rotatable bonds is 2. The van der Waals surface area contributed by atoms with Gasteiger partial charge in [-0.15, -0.1) is 29.1 Å². The van der Waals surface area contributed by atoms with Crippen LogP contribution in [0.4, 0.5) is 13.2 Å². The Hall–Kier alpha value is -2.31. The van der Waals surface area contributed by atoms with Crippen LogP contribution < -0.4 is 0 Å². The van der Waals surface area contributed by atoms with Crippen molar-refractivity contribution in [1.29, 1.82) is 0 Å². The van der Waals surface area contributed by atoms with Gasteiger partial charge in [-0.1, -0.05) is 0 Å². The third-order valence-electron chi connectivity index (χ3n) is 2.51. The average Bonchev–Trinajstić information content (AvgIpc) is 3.16. The van der Waals surface area contributed by atoms with Crippen LogP contribution in [-0.2, 0) is 6.18 Å². The summed E-state index contributed by atoms with van der Waals surface area (Å²) in [5.74, 6) is 2.52. The minimum atomic E-state index is -4.48. The standard InChI is InChI=1S/C13H5F3N4S2/c1-2-7-5-21-11(18-7)8-3-4-17-10(19-8)12-20-9(6-22-12)13(14,15)16/h1,3-6H. The van der Waals surface area contributed by atoms with Gasteiger partial charge >= 0.3 is 6.18 Å². The molecule has 3 aromatic heterocycles. The molecule has 22 heavy (non-hydrogen) atoms. The van der Waals surface area contributed by atoms with E-state index in [1.165, 1.54) is 17.5 Å². The van der Waals surface area contributed by atoms with Crippen LogP contribution in [0.2, 0.25) is 0 Å². The van der Waals surface area contributed by atoms with E-state index in [9.17, 15) is 13.2 Å². The zero-order chi connectivity index (χ0) is 15.7. The van der Waals surface area contributed by atoms with Gasteiger partial charge in [0, 0.05) is 17.0 Å². The minimum absolute atomic E-state index is 0.0999. The Balaban J connectivity index is 1.98. The molecule has 110 valence electrons. The highest BCUT2D eigenvalue weighted by Gasteiger charge is 2.34. The highest BCUT2D eigenvalue weighted by atomic mass is 32.1. The van der Waals surface area contributed by atoms with Crippen LogP contribution in [0.1, 0.15) is 11.4 Å². The molecule has 0 amide bonds. The number of alkyl halides is 3. The first kappa shape index (κ1) is 14.6. The molecule has 4 nitrogen and oxygen atoms in total. The third kappa shape index (κ3) is 2.84. The van der Waals surface area contributed by atoms with Crippen molar-refractivity contribution in [3.05, 3.63) is 34.4 Å². The molecule has 0 radical (unpaired) electrons. The molecule has 0 aliphatic heterocycles. The van der Waals surface area contributed by atoms with E-state index in [2.05, 4.69) is 25.9 Å². The maximum Gasteiger partial charge on any atom is 0.434 e. The maximum atomic E-state index is 12.6. The lowest BCUT2D eigenvalue weighted by Crippen LogP contribution is -2.05. The second-order valence-electron chi connectivity index (χ2n) is 3.98. The van der Waals surface area contributed by atoms with Gasteiger partial charge < -0.3 is 0 Å². The van der Waals surface area contributed by atoms with Gasteiger partial charge in [-0.3, -0.25) is 0 Å². The topological polar surface area (TPSA) is 51.6 Å². The van der Waals surface area contributed by atoms with Crippen molar-refractivity contribution in [3.8, 4) is 33.9 Å². The third-order valence-corrected chi connectivity index (χ3v) is 4.22. The second kappa shape index (κ2) is 5.47.